The Morgan fingerprint density at radius 2 is 1.89 bits per heavy atom. The Morgan fingerprint density at radius 3 is 2.46 bits per heavy atom. The molecule has 35 heavy (non-hydrogen) atoms. The van der Waals surface area contributed by atoms with Crippen LogP contribution in [0.1, 0.15) is 73.3 Å². The molecule has 1 aliphatic rings. The maximum atomic E-state index is 12.9. The summed E-state index contributed by atoms with van der Waals surface area (Å²) in [5.74, 6) is -0.0257. The van der Waals surface area contributed by atoms with Gasteiger partial charge in [-0.3, -0.25) is 4.79 Å². The van der Waals surface area contributed by atoms with Crippen molar-refractivity contribution in [1.29, 1.82) is 0 Å². The second-order valence-corrected chi connectivity index (χ2v) is 10.1. The summed E-state index contributed by atoms with van der Waals surface area (Å²) in [7, 11) is 0. The molecule has 0 spiro atoms. The lowest BCUT2D eigenvalue weighted by Gasteiger charge is -2.31. The summed E-state index contributed by atoms with van der Waals surface area (Å²) in [6, 6.07) is -1.55. The van der Waals surface area contributed by atoms with Crippen LogP contribution in [0.15, 0.2) is 6.33 Å². The number of imide groups is 1. The first kappa shape index (κ1) is 27.1. The van der Waals surface area contributed by atoms with Gasteiger partial charge in [0.05, 0.1) is 18.4 Å². The van der Waals surface area contributed by atoms with E-state index >= 15 is 0 Å². The third kappa shape index (κ3) is 5.68. The number of anilines is 1. The number of nitrogens with one attached hydrogen (secondary N) is 1. The number of aliphatic hydroxyl groups is 2. The molecule has 0 saturated heterocycles. The van der Waals surface area contributed by atoms with Crippen LogP contribution in [0.3, 0.4) is 0 Å². The summed E-state index contributed by atoms with van der Waals surface area (Å²) in [5, 5.41) is 25.2. The largest absolute Gasteiger partial charge is 0.443 e. The summed E-state index contributed by atoms with van der Waals surface area (Å²) in [6.45, 7) is 10.8. The molecule has 12 heteroatoms. The molecule has 1 aliphatic carbocycles. The van der Waals surface area contributed by atoms with E-state index < -0.39 is 41.9 Å². The van der Waals surface area contributed by atoms with Crippen LogP contribution in [0.25, 0.3) is 11.2 Å². The fraction of sp³-hybridized carbons (Fsp3) is 0.696. The Bertz CT molecular complexity index is 1070. The van der Waals surface area contributed by atoms with Gasteiger partial charge in [-0.05, 0) is 51.6 Å². The lowest BCUT2D eigenvalue weighted by atomic mass is 10.1. The summed E-state index contributed by atoms with van der Waals surface area (Å²) in [6.07, 6.45) is -0.185. The Kier molecular flexibility index (Phi) is 8.23. The molecule has 2 aromatic rings. The molecular formula is C23H35ClN6O5. The van der Waals surface area contributed by atoms with Crippen molar-refractivity contribution in [3.63, 3.8) is 0 Å². The van der Waals surface area contributed by atoms with Gasteiger partial charge in [0, 0.05) is 12.5 Å². The number of carbonyl (C=O) groups is 2. The Hall–Kier alpha value is -2.50. The molecule has 11 nitrogen and oxygen atoms in total. The highest BCUT2D eigenvalue weighted by Gasteiger charge is 2.49. The van der Waals surface area contributed by atoms with Crippen molar-refractivity contribution in [2.45, 2.75) is 103 Å². The van der Waals surface area contributed by atoms with Crippen LogP contribution >= 0.6 is 11.6 Å². The first-order chi connectivity index (χ1) is 16.4. The van der Waals surface area contributed by atoms with Crippen LogP contribution in [-0.4, -0.2) is 76.5 Å². The second kappa shape index (κ2) is 10.6. The number of amides is 2. The summed E-state index contributed by atoms with van der Waals surface area (Å²) in [5.41, 5.74) is 0.0123. The maximum Gasteiger partial charge on any atom is 0.417 e. The van der Waals surface area contributed by atoms with E-state index in [9.17, 15) is 19.8 Å². The van der Waals surface area contributed by atoms with Gasteiger partial charge in [-0.1, -0.05) is 20.8 Å². The number of carbonyl (C=O) groups excluding carboxylic acids is 2. The fourth-order valence-corrected chi connectivity index (χ4v) is 4.51. The second-order valence-electron chi connectivity index (χ2n) is 9.77. The normalized spacial score (nSPS) is 22.6. The topological polar surface area (TPSA) is 143 Å². The van der Waals surface area contributed by atoms with Gasteiger partial charge < -0.3 is 24.8 Å². The molecule has 0 aliphatic heterocycles. The zero-order valence-electron chi connectivity index (χ0n) is 21.0. The van der Waals surface area contributed by atoms with Crippen molar-refractivity contribution >= 4 is 40.6 Å². The molecule has 1 fully saturated rings. The van der Waals surface area contributed by atoms with Crippen LogP contribution in [0.4, 0.5) is 10.6 Å². The predicted octanol–water partition coefficient (Wildman–Crippen LogP) is 3.29. The molecule has 4 atom stereocenters. The fourth-order valence-electron chi connectivity index (χ4n) is 4.34. The smallest absolute Gasteiger partial charge is 0.417 e. The molecule has 0 bridgehead atoms. The molecule has 1 saturated carbocycles. The highest BCUT2D eigenvalue weighted by Crippen LogP contribution is 2.37. The first-order valence-electron chi connectivity index (χ1n) is 12.0. The van der Waals surface area contributed by atoms with E-state index in [0.29, 0.717) is 17.0 Å². The quantitative estimate of drug-likeness (QED) is 0.478. The minimum absolute atomic E-state index is 0.00818. The Morgan fingerprint density at radius 1 is 1.23 bits per heavy atom. The lowest BCUT2D eigenvalue weighted by Crippen LogP contribution is -2.51. The number of aliphatic hydroxyl groups excluding tert-OH is 2. The van der Waals surface area contributed by atoms with Crippen molar-refractivity contribution in [1.82, 2.24) is 24.4 Å². The molecule has 0 unspecified atom stereocenters. The number of rotatable bonds is 7. The van der Waals surface area contributed by atoms with E-state index in [4.69, 9.17) is 16.3 Å². The Labute approximate surface area is 209 Å². The van der Waals surface area contributed by atoms with E-state index in [0.717, 1.165) is 17.7 Å². The number of fused-ring (bicyclic) bond motifs is 1. The molecule has 0 radical (unpaired) electrons. The van der Waals surface area contributed by atoms with E-state index in [1.165, 1.54) is 6.33 Å². The third-order valence-corrected chi connectivity index (χ3v) is 6.36. The lowest BCUT2D eigenvalue weighted by molar-refractivity contribution is -0.134. The van der Waals surface area contributed by atoms with E-state index in [1.807, 2.05) is 0 Å². The van der Waals surface area contributed by atoms with Gasteiger partial charge >= 0.3 is 6.09 Å². The highest BCUT2D eigenvalue weighted by atomic mass is 35.5. The van der Waals surface area contributed by atoms with Crippen molar-refractivity contribution in [2.24, 2.45) is 0 Å². The zero-order chi connectivity index (χ0) is 26.1. The van der Waals surface area contributed by atoms with Crippen LogP contribution in [-0.2, 0) is 9.53 Å². The van der Waals surface area contributed by atoms with Gasteiger partial charge in [0.1, 0.15) is 17.8 Å². The number of aromatic nitrogens is 4. The first-order valence-corrected chi connectivity index (χ1v) is 12.4. The molecule has 3 N–H and O–H groups in total. The average molecular weight is 511 g/mol. The molecule has 2 amide bonds. The van der Waals surface area contributed by atoms with Gasteiger partial charge in [-0.2, -0.15) is 9.97 Å². The standard InChI is InChI=1S/C23H35ClN6O5/c1-7-12(8-2)26-19-16-20(28-21(24)27-19)29(11-25-16)13-10-14(18(33)17(13)32)30(15(31)9-3)22(34)35-23(4,5)6/h11-14,17-18,32-33H,7-10H2,1-6H3,(H,26,27,28)/t13-,14+,17+,18-/m1/s1. The van der Waals surface area contributed by atoms with E-state index in [1.54, 1.807) is 32.3 Å². The van der Waals surface area contributed by atoms with Gasteiger partial charge in [-0.25, -0.2) is 14.7 Å². The van der Waals surface area contributed by atoms with Crippen LogP contribution in [0.5, 0.6) is 0 Å². The maximum absolute atomic E-state index is 12.9. The monoisotopic (exact) mass is 510 g/mol. The average Bonchev–Trinajstić information content (AvgIpc) is 3.32. The van der Waals surface area contributed by atoms with Crippen LogP contribution < -0.4 is 5.32 Å². The number of hydrogen-bond donors (Lipinski definition) is 3. The number of ether oxygens (including phenoxy) is 1. The minimum atomic E-state index is -1.39. The van der Waals surface area contributed by atoms with Crippen molar-refractivity contribution < 1.29 is 24.5 Å². The number of imidazole rings is 1. The van der Waals surface area contributed by atoms with Gasteiger partial charge in [-0.15, -0.1) is 0 Å². The molecule has 3 rings (SSSR count). The van der Waals surface area contributed by atoms with Crippen molar-refractivity contribution in [3.05, 3.63) is 11.6 Å². The van der Waals surface area contributed by atoms with Gasteiger partial charge in [0.25, 0.3) is 0 Å². The van der Waals surface area contributed by atoms with E-state index in [2.05, 4.69) is 34.1 Å². The van der Waals surface area contributed by atoms with Crippen molar-refractivity contribution in [2.75, 3.05) is 5.32 Å². The van der Waals surface area contributed by atoms with Gasteiger partial charge in [0.15, 0.2) is 17.0 Å². The van der Waals surface area contributed by atoms with Crippen LogP contribution in [0, 0.1) is 0 Å². The SMILES string of the molecule is CCC(=O)N(C(=O)OC(C)(C)C)[C@H]1C[C@@H](n2cnc3c(NC(CC)CC)nc(Cl)nc32)[C@H](O)[C@@H]1O. The van der Waals surface area contributed by atoms with E-state index in [-0.39, 0.29) is 24.2 Å². The Balaban J connectivity index is 1.98. The number of hydrogen-bond acceptors (Lipinski definition) is 9. The summed E-state index contributed by atoms with van der Waals surface area (Å²) >= 11 is 6.21. The molecule has 2 aromatic heterocycles. The number of nitrogens with zero attached hydrogens (tertiary/aromatic N) is 5. The van der Waals surface area contributed by atoms with Gasteiger partial charge in [0.2, 0.25) is 11.2 Å². The van der Waals surface area contributed by atoms with Crippen LogP contribution in [0.2, 0.25) is 5.28 Å². The van der Waals surface area contributed by atoms with Crippen molar-refractivity contribution in [3.8, 4) is 0 Å². The minimum Gasteiger partial charge on any atom is -0.443 e. The third-order valence-electron chi connectivity index (χ3n) is 6.19. The number of halogens is 1. The summed E-state index contributed by atoms with van der Waals surface area (Å²) < 4.78 is 7.02. The highest BCUT2D eigenvalue weighted by molar-refractivity contribution is 6.28. The molecular weight excluding hydrogens is 476 g/mol. The molecule has 194 valence electrons. The predicted molar refractivity (Wildman–Crippen MR) is 131 cm³/mol. The zero-order valence-corrected chi connectivity index (χ0v) is 21.8. The molecule has 2 heterocycles. The molecule has 0 aromatic carbocycles. The summed E-state index contributed by atoms with van der Waals surface area (Å²) in [4.78, 5) is 39.5.